The zero-order chi connectivity index (χ0) is 34.1. The smallest absolute Gasteiger partial charge is 0.347 e. The van der Waals surface area contributed by atoms with E-state index in [1.807, 2.05) is 23.9 Å². The van der Waals surface area contributed by atoms with Crippen molar-refractivity contribution in [1.82, 2.24) is 9.80 Å². The number of amides is 1. The number of aliphatic hydroxyl groups is 1. The third-order valence-corrected chi connectivity index (χ3v) is 11.3. The lowest BCUT2D eigenvalue weighted by Gasteiger charge is -2.26. The number of hydrogen-bond acceptors (Lipinski definition) is 4. The van der Waals surface area contributed by atoms with Crippen molar-refractivity contribution in [3.05, 3.63) is 12.2 Å². The van der Waals surface area contributed by atoms with E-state index in [4.69, 9.17) is 0 Å². The number of allylic oxidation sites excluding steroid dienone is 2. The second-order valence-corrected chi connectivity index (χ2v) is 16.3. The molecule has 0 aromatic heterocycles. The summed E-state index contributed by atoms with van der Waals surface area (Å²) in [6.07, 6.45) is 36.3. The van der Waals surface area contributed by atoms with Crippen LogP contribution in [0.3, 0.4) is 0 Å². The number of rotatable bonds is 35. The molecule has 3 unspecified atom stereocenters. The number of hydrogen-bond donors (Lipinski definition) is 1. The summed E-state index contributed by atoms with van der Waals surface area (Å²) in [4.78, 5) is 17.7. The zero-order valence-electron chi connectivity index (χ0n) is 31.6. The van der Waals surface area contributed by atoms with E-state index in [1.54, 1.807) is 0 Å². The molecule has 1 amide bonds. The van der Waals surface area contributed by atoms with Crippen molar-refractivity contribution in [2.45, 2.75) is 187 Å². The summed E-state index contributed by atoms with van der Waals surface area (Å²) < 4.78 is 13.1. The molecule has 272 valence electrons. The van der Waals surface area contributed by atoms with Gasteiger partial charge in [-0.25, -0.2) is 0 Å². The Morgan fingerprint density at radius 3 is 1.65 bits per heavy atom. The first-order valence-corrected chi connectivity index (χ1v) is 21.5. The van der Waals surface area contributed by atoms with Crippen LogP contribution in [0, 0.1) is 5.92 Å². The minimum atomic E-state index is -1.57. The maximum atomic E-state index is 13.7. The van der Waals surface area contributed by atoms with Gasteiger partial charge in [0.05, 0.1) is 13.2 Å². The minimum Gasteiger partial charge on any atom is -0.392 e. The molecule has 0 radical (unpaired) electrons. The van der Waals surface area contributed by atoms with E-state index in [9.17, 15) is 14.5 Å². The average molecular weight is 668 g/mol. The summed E-state index contributed by atoms with van der Waals surface area (Å²) in [6.45, 7) is 8.49. The fraction of sp³-hybridized carbons (Fsp3) is 0.925. The topological polar surface area (TPSA) is 60.9 Å². The average Bonchev–Trinajstić information content (AvgIpc) is 3.04. The van der Waals surface area contributed by atoms with E-state index < -0.39 is 7.80 Å². The molecule has 0 spiro atoms. The summed E-state index contributed by atoms with van der Waals surface area (Å²) in [7, 11) is 2.40. The number of nitrogens with zero attached hydrogens (tertiary/aromatic N) is 2. The van der Waals surface area contributed by atoms with E-state index in [-0.39, 0.29) is 18.2 Å². The van der Waals surface area contributed by atoms with Crippen molar-refractivity contribution < 1.29 is 14.5 Å². The van der Waals surface area contributed by atoms with Gasteiger partial charge in [-0.1, -0.05) is 159 Å². The summed E-state index contributed by atoms with van der Waals surface area (Å²) in [5.41, 5.74) is -0.344. The molecule has 0 heterocycles. The van der Waals surface area contributed by atoms with Crippen molar-refractivity contribution in [3.63, 3.8) is 0 Å². The first kappa shape index (κ1) is 45.2. The normalized spacial score (nSPS) is 13.5. The molecule has 0 aromatic rings. The first-order valence-electron chi connectivity index (χ1n) is 20.0. The molecule has 0 bridgehead atoms. The minimum absolute atomic E-state index is 0.123. The summed E-state index contributed by atoms with van der Waals surface area (Å²) >= 11 is 0. The monoisotopic (exact) mass is 668 g/mol. The molecule has 0 aromatic carbocycles. The van der Waals surface area contributed by atoms with Crippen LogP contribution < -0.4 is 0 Å². The second kappa shape index (κ2) is 34.1. The fourth-order valence-electron chi connectivity index (χ4n) is 6.38. The molecule has 0 aliphatic heterocycles. The predicted octanol–water partition coefficient (Wildman–Crippen LogP) is 11.5. The third kappa shape index (κ3) is 28.3. The lowest BCUT2D eigenvalue weighted by atomic mass is 9.92. The predicted molar refractivity (Wildman–Crippen MR) is 204 cm³/mol. The van der Waals surface area contributed by atoms with Crippen molar-refractivity contribution >= 4 is 13.7 Å². The van der Waals surface area contributed by atoms with E-state index in [1.165, 1.54) is 116 Å². The van der Waals surface area contributed by atoms with Crippen LogP contribution in [-0.4, -0.2) is 73.0 Å². The molecule has 46 heavy (non-hydrogen) atoms. The first-order chi connectivity index (χ1) is 22.4. The highest BCUT2D eigenvalue weighted by molar-refractivity contribution is 7.45. The lowest BCUT2D eigenvalue weighted by molar-refractivity contribution is -0.132. The standard InChI is InChI=1S/C40H80N2O3P/c1-6-9-11-13-15-17-18-19-20-21-23-25-27-29-32-42(36-39(37-43)46(45)34-33-41(4)5)40(44)35-38(30-8-3)31-28-26-24-22-16-14-12-10-7-2/h23,25,38-39,43H,6-22,24,26-37H2,1-5H3/q+1. The lowest BCUT2D eigenvalue weighted by Crippen LogP contribution is -2.39. The van der Waals surface area contributed by atoms with Gasteiger partial charge in [0.15, 0.2) is 11.8 Å². The molecule has 0 aliphatic rings. The summed E-state index contributed by atoms with van der Waals surface area (Å²) in [6, 6.07) is 0. The largest absolute Gasteiger partial charge is 0.392 e. The van der Waals surface area contributed by atoms with E-state index >= 15 is 0 Å². The number of unbranched alkanes of at least 4 members (excludes halogenated alkanes) is 18. The van der Waals surface area contributed by atoms with Crippen molar-refractivity contribution in [2.24, 2.45) is 5.92 Å². The molecule has 5 nitrogen and oxygen atoms in total. The van der Waals surface area contributed by atoms with Crippen molar-refractivity contribution in [1.29, 1.82) is 0 Å². The van der Waals surface area contributed by atoms with Gasteiger partial charge in [-0.2, -0.15) is 0 Å². The van der Waals surface area contributed by atoms with Gasteiger partial charge in [0.1, 0.15) is 0 Å². The Labute approximate surface area is 288 Å². The van der Waals surface area contributed by atoms with Crippen LogP contribution in [0.5, 0.6) is 0 Å². The molecule has 0 rings (SSSR count). The molecule has 6 heteroatoms. The Morgan fingerprint density at radius 1 is 0.652 bits per heavy atom. The molecule has 0 saturated heterocycles. The fourth-order valence-corrected chi connectivity index (χ4v) is 7.90. The van der Waals surface area contributed by atoms with E-state index in [0.29, 0.717) is 31.6 Å². The summed E-state index contributed by atoms with van der Waals surface area (Å²) in [5.74, 6) is 0.623. The molecule has 1 N–H and O–H groups in total. The van der Waals surface area contributed by atoms with Crippen LogP contribution in [0.15, 0.2) is 12.2 Å². The molecule has 0 saturated carbocycles. The van der Waals surface area contributed by atoms with E-state index in [0.717, 1.165) is 45.1 Å². The maximum absolute atomic E-state index is 13.7. The van der Waals surface area contributed by atoms with E-state index in [2.05, 4.69) is 32.9 Å². The number of carbonyl (C=O) groups is 1. The van der Waals surface area contributed by atoms with Gasteiger partial charge in [-0.15, -0.1) is 0 Å². The van der Waals surface area contributed by atoms with Crippen molar-refractivity contribution in [3.8, 4) is 0 Å². The molecular formula is C40H80N2O3P+. The molecule has 3 atom stereocenters. The Balaban J connectivity index is 4.80. The van der Waals surface area contributed by atoms with Gasteiger partial charge in [0.2, 0.25) is 5.91 Å². The highest BCUT2D eigenvalue weighted by atomic mass is 31.1. The van der Waals surface area contributed by atoms with Crippen LogP contribution >= 0.6 is 7.80 Å². The van der Waals surface area contributed by atoms with Gasteiger partial charge in [0.25, 0.3) is 0 Å². The Hall–Kier alpha value is -0.770. The highest BCUT2D eigenvalue weighted by Crippen LogP contribution is 2.29. The van der Waals surface area contributed by atoms with Crippen LogP contribution in [0.2, 0.25) is 0 Å². The SMILES string of the molecule is CCCCCCCCCCCC=CCCCN(CC(CO)[P+](=O)CCN(C)C)C(=O)CC(CCC)CCCCCCCCCCC. The van der Waals surface area contributed by atoms with Gasteiger partial charge < -0.3 is 14.9 Å². The highest BCUT2D eigenvalue weighted by Gasteiger charge is 2.33. The number of aliphatic hydroxyl groups excluding tert-OH is 1. The van der Waals surface area contributed by atoms with Gasteiger partial charge >= 0.3 is 7.80 Å². The van der Waals surface area contributed by atoms with Crippen LogP contribution in [0.25, 0.3) is 0 Å². The van der Waals surface area contributed by atoms with Crippen molar-refractivity contribution in [2.75, 3.05) is 46.5 Å². The van der Waals surface area contributed by atoms with Crippen LogP contribution in [-0.2, 0) is 9.36 Å². The van der Waals surface area contributed by atoms with Crippen LogP contribution in [0.1, 0.15) is 181 Å². The van der Waals surface area contributed by atoms with Crippen LogP contribution in [0.4, 0.5) is 0 Å². The Bertz CT molecular complexity index is 715. The second-order valence-electron chi connectivity index (χ2n) is 14.3. The number of carbonyl (C=O) groups excluding carboxylic acids is 1. The zero-order valence-corrected chi connectivity index (χ0v) is 32.5. The molecule has 0 fully saturated rings. The molecule has 0 aliphatic carbocycles. The quantitative estimate of drug-likeness (QED) is 0.0415. The third-order valence-electron chi connectivity index (χ3n) is 9.49. The van der Waals surface area contributed by atoms with Gasteiger partial charge in [0, 0.05) is 19.5 Å². The molecular weight excluding hydrogens is 587 g/mol. The Kier molecular flexibility index (Phi) is 33.5. The van der Waals surface area contributed by atoms with Gasteiger partial charge in [-0.05, 0) is 52.1 Å². The maximum Gasteiger partial charge on any atom is 0.347 e. The summed E-state index contributed by atoms with van der Waals surface area (Å²) in [5, 5.41) is 10.2. The Morgan fingerprint density at radius 2 is 1.15 bits per heavy atom. The van der Waals surface area contributed by atoms with Gasteiger partial charge in [-0.3, -0.25) is 4.79 Å².